The summed E-state index contributed by atoms with van der Waals surface area (Å²) in [4.78, 5) is 0. The zero-order chi connectivity index (χ0) is 11.5. The predicted molar refractivity (Wildman–Crippen MR) is 57.0 cm³/mol. The Kier molecular flexibility index (Phi) is 3.31. The van der Waals surface area contributed by atoms with E-state index in [1.54, 1.807) is 12.1 Å². The third-order valence-corrected chi connectivity index (χ3v) is 2.77. The van der Waals surface area contributed by atoms with Crippen molar-refractivity contribution in [1.82, 2.24) is 10.2 Å². The number of alkyl halides is 2. The lowest BCUT2D eigenvalue weighted by molar-refractivity contribution is -0.0498. The molecular formula is C9H5ClF2N2OS. The van der Waals surface area contributed by atoms with Crippen LogP contribution in [0.3, 0.4) is 0 Å². The third-order valence-electron chi connectivity index (χ3n) is 1.71. The van der Waals surface area contributed by atoms with Gasteiger partial charge in [-0.25, -0.2) is 0 Å². The number of nitrogens with zero attached hydrogens (tertiary/aromatic N) is 2. The number of halogens is 3. The van der Waals surface area contributed by atoms with Crippen LogP contribution in [0.1, 0.15) is 0 Å². The van der Waals surface area contributed by atoms with Gasteiger partial charge in [-0.3, -0.25) is 0 Å². The Labute approximate surface area is 98.6 Å². The third kappa shape index (κ3) is 2.65. The standard InChI is InChI=1S/C9H5ClF2N2OS/c10-8-14-13-7(16-8)5-2-1-3-6(4-5)15-9(11)12/h1-4,9H. The first-order valence-electron chi connectivity index (χ1n) is 4.19. The summed E-state index contributed by atoms with van der Waals surface area (Å²) in [5.41, 5.74) is 0.641. The first-order valence-corrected chi connectivity index (χ1v) is 5.39. The minimum atomic E-state index is -2.84. The lowest BCUT2D eigenvalue weighted by atomic mass is 10.2. The van der Waals surface area contributed by atoms with Crippen LogP contribution in [0.25, 0.3) is 10.6 Å². The topological polar surface area (TPSA) is 35.0 Å². The average molecular weight is 263 g/mol. The van der Waals surface area contributed by atoms with Crippen LogP contribution in [0.5, 0.6) is 5.75 Å². The Morgan fingerprint density at radius 2 is 2.12 bits per heavy atom. The van der Waals surface area contributed by atoms with Gasteiger partial charge in [0.1, 0.15) is 10.8 Å². The maximum absolute atomic E-state index is 12.0. The molecule has 0 radical (unpaired) electrons. The number of ether oxygens (including phenoxy) is 1. The van der Waals surface area contributed by atoms with Crippen LogP contribution in [-0.4, -0.2) is 16.8 Å². The second-order valence-corrected chi connectivity index (χ2v) is 4.33. The maximum Gasteiger partial charge on any atom is 0.387 e. The van der Waals surface area contributed by atoms with E-state index in [1.165, 1.54) is 23.5 Å². The molecule has 0 unspecified atom stereocenters. The number of aromatic nitrogens is 2. The van der Waals surface area contributed by atoms with Gasteiger partial charge in [0, 0.05) is 5.56 Å². The minimum Gasteiger partial charge on any atom is -0.435 e. The van der Waals surface area contributed by atoms with Gasteiger partial charge in [-0.1, -0.05) is 23.5 Å². The van der Waals surface area contributed by atoms with Crippen LogP contribution < -0.4 is 4.74 Å². The molecule has 0 saturated carbocycles. The second kappa shape index (κ2) is 4.71. The maximum atomic E-state index is 12.0. The Morgan fingerprint density at radius 1 is 1.31 bits per heavy atom. The van der Waals surface area contributed by atoms with Crippen LogP contribution in [0.4, 0.5) is 8.78 Å². The summed E-state index contributed by atoms with van der Waals surface area (Å²) in [5, 5.41) is 7.99. The summed E-state index contributed by atoms with van der Waals surface area (Å²) in [6.45, 7) is -2.84. The van der Waals surface area contributed by atoms with Gasteiger partial charge in [0.15, 0.2) is 0 Å². The fourth-order valence-electron chi connectivity index (χ4n) is 1.13. The van der Waals surface area contributed by atoms with Gasteiger partial charge >= 0.3 is 6.61 Å². The van der Waals surface area contributed by atoms with Crippen LogP contribution in [0.2, 0.25) is 4.47 Å². The molecule has 84 valence electrons. The van der Waals surface area contributed by atoms with E-state index >= 15 is 0 Å². The van der Waals surface area contributed by atoms with Crippen LogP contribution in [-0.2, 0) is 0 Å². The molecule has 0 fully saturated rings. The molecule has 16 heavy (non-hydrogen) atoms. The van der Waals surface area contributed by atoms with Gasteiger partial charge in [-0.05, 0) is 23.7 Å². The van der Waals surface area contributed by atoms with E-state index < -0.39 is 6.61 Å². The van der Waals surface area contributed by atoms with E-state index in [2.05, 4.69) is 14.9 Å². The summed E-state index contributed by atoms with van der Waals surface area (Å²) >= 11 is 6.80. The van der Waals surface area contributed by atoms with Crippen LogP contribution >= 0.6 is 22.9 Å². The Morgan fingerprint density at radius 3 is 2.75 bits per heavy atom. The molecule has 7 heteroatoms. The van der Waals surface area contributed by atoms with E-state index in [-0.39, 0.29) is 5.75 Å². The fourth-order valence-corrected chi connectivity index (χ4v) is 1.95. The highest BCUT2D eigenvalue weighted by atomic mass is 35.5. The van der Waals surface area contributed by atoms with E-state index in [1.807, 2.05) is 0 Å². The lowest BCUT2D eigenvalue weighted by Crippen LogP contribution is -2.01. The van der Waals surface area contributed by atoms with Crippen molar-refractivity contribution in [3.8, 4) is 16.3 Å². The van der Waals surface area contributed by atoms with Crippen molar-refractivity contribution >= 4 is 22.9 Å². The van der Waals surface area contributed by atoms with E-state index in [4.69, 9.17) is 11.6 Å². The van der Waals surface area contributed by atoms with Crippen molar-refractivity contribution < 1.29 is 13.5 Å². The molecule has 0 saturated heterocycles. The van der Waals surface area contributed by atoms with Gasteiger partial charge in [0.2, 0.25) is 4.47 Å². The molecule has 2 aromatic rings. The molecule has 0 N–H and O–H groups in total. The molecule has 0 atom stereocenters. The molecular weight excluding hydrogens is 258 g/mol. The minimum absolute atomic E-state index is 0.0822. The molecule has 1 heterocycles. The summed E-state index contributed by atoms with van der Waals surface area (Å²) in [7, 11) is 0. The quantitative estimate of drug-likeness (QED) is 0.850. The monoisotopic (exact) mass is 262 g/mol. The summed E-state index contributed by atoms with van der Waals surface area (Å²) in [5.74, 6) is 0.0822. The van der Waals surface area contributed by atoms with E-state index in [0.717, 1.165) is 0 Å². The van der Waals surface area contributed by atoms with Crippen molar-refractivity contribution in [1.29, 1.82) is 0 Å². The highest BCUT2D eigenvalue weighted by molar-refractivity contribution is 7.18. The van der Waals surface area contributed by atoms with Gasteiger partial charge in [0.05, 0.1) is 0 Å². The zero-order valence-corrected chi connectivity index (χ0v) is 9.30. The van der Waals surface area contributed by atoms with Gasteiger partial charge in [-0.2, -0.15) is 8.78 Å². The van der Waals surface area contributed by atoms with Gasteiger partial charge in [0.25, 0.3) is 0 Å². The highest BCUT2D eigenvalue weighted by Crippen LogP contribution is 2.28. The Hall–Kier alpha value is -1.27. The van der Waals surface area contributed by atoms with Crippen molar-refractivity contribution in [3.05, 3.63) is 28.7 Å². The van der Waals surface area contributed by atoms with E-state index in [0.29, 0.717) is 15.0 Å². The predicted octanol–water partition coefficient (Wildman–Crippen LogP) is 3.46. The molecule has 1 aromatic heterocycles. The number of hydrogen-bond acceptors (Lipinski definition) is 4. The zero-order valence-electron chi connectivity index (χ0n) is 7.73. The Balaban J connectivity index is 2.28. The molecule has 0 bridgehead atoms. The fraction of sp³-hybridized carbons (Fsp3) is 0.111. The van der Waals surface area contributed by atoms with Crippen LogP contribution in [0.15, 0.2) is 24.3 Å². The second-order valence-electron chi connectivity index (χ2n) is 2.77. The molecule has 3 nitrogen and oxygen atoms in total. The summed E-state index contributed by atoms with van der Waals surface area (Å²) < 4.78 is 28.6. The number of benzene rings is 1. The first-order chi connectivity index (χ1) is 7.65. The van der Waals surface area contributed by atoms with Crippen molar-refractivity contribution in [3.63, 3.8) is 0 Å². The molecule has 1 aromatic carbocycles. The largest absolute Gasteiger partial charge is 0.435 e. The normalized spacial score (nSPS) is 10.8. The molecule has 2 rings (SSSR count). The molecule has 0 spiro atoms. The van der Waals surface area contributed by atoms with Crippen LogP contribution in [0, 0.1) is 0 Å². The van der Waals surface area contributed by atoms with Crippen molar-refractivity contribution in [2.24, 2.45) is 0 Å². The van der Waals surface area contributed by atoms with Gasteiger partial charge < -0.3 is 4.74 Å². The van der Waals surface area contributed by atoms with Crippen molar-refractivity contribution in [2.75, 3.05) is 0 Å². The average Bonchev–Trinajstić information content (AvgIpc) is 2.64. The smallest absolute Gasteiger partial charge is 0.387 e. The summed E-state index contributed by atoms with van der Waals surface area (Å²) in [6.07, 6.45) is 0. The number of hydrogen-bond donors (Lipinski definition) is 0. The summed E-state index contributed by atoms with van der Waals surface area (Å²) in [6, 6.07) is 6.22. The SMILES string of the molecule is FC(F)Oc1cccc(-c2nnc(Cl)s2)c1. The Bertz CT molecular complexity index is 492. The lowest BCUT2D eigenvalue weighted by Gasteiger charge is -2.04. The first kappa shape index (κ1) is 11.2. The van der Waals surface area contributed by atoms with Crippen molar-refractivity contribution in [2.45, 2.75) is 6.61 Å². The molecule has 0 aliphatic heterocycles. The van der Waals surface area contributed by atoms with Gasteiger partial charge in [-0.15, -0.1) is 10.2 Å². The highest BCUT2D eigenvalue weighted by Gasteiger charge is 2.08. The molecule has 0 aliphatic rings. The molecule has 0 aliphatic carbocycles. The number of rotatable bonds is 3. The van der Waals surface area contributed by atoms with E-state index in [9.17, 15) is 8.78 Å². The molecule has 0 amide bonds.